The molecular formula is C18H24N4OS. The number of likely N-dealkylation sites (N-methyl/N-ethyl adjacent to an activating group) is 1. The molecule has 2 atom stereocenters. The lowest BCUT2D eigenvalue weighted by molar-refractivity contribution is -0.117. The Kier molecular flexibility index (Phi) is 5.58. The van der Waals surface area contributed by atoms with Gasteiger partial charge in [0.15, 0.2) is 5.82 Å². The molecular weight excluding hydrogens is 320 g/mol. The van der Waals surface area contributed by atoms with Gasteiger partial charge in [-0.1, -0.05) is 30.3 Å². The minimum absolute atomic E-state index is 0.00739. The van der Waals surface area contributed by atoms with Crippen LogP contribution >= 0.6 is 11.8 Å². The summed E-state index contributed by atoms with van der Waals surface area (Å²) in [7, 11) is 2.02. The lowest BCUT2D eigenvalue weighted by atomic mass is 10.1. The minimum Gasteiger partial charge on any atom is -0.308 e. The van der Waals surface area contributed by atoms with Crippen LogP contribution < -0.4 is 5.32 Å². The SMILES string of the molecule is C[C@H](c1ccccc1)n1ccc(NC(=O)CN(C)[C@H]2CCSC2)n1. The predicted molar refractivity (Wildman–Crippen MR) is 99.5 cm³/mol. The largest absolute Gasteiger partial charge is 0.308 e. The Morgan fingerprint density at radius 2 is 2.21 bits per heavy atom. The minimum atomic E-state index is -0.00739. The van der Waals surface area contributed by atoms with Crippen LogP contribution in [0.5, 0.6) is 0 Å². The van der Waals surface area contributed by atoms with Crippen LogP contribution in [0.25, 0.3) is 0 Å². The van der Waals surface area contributed by atoms with Gasteiger partial charge >= 0.3 is 0 Å². The van der Waals surface area contributed by atoms with Crippen LogP contribution in [-0.4, -0.2) is 51.7 Å². The topological polar surface area (TPSA) is 50.2 Å². The van der Waals surface area contributed by atoms with Gasteiger partial charge in [0.2, 0.25) is 5.91 Å². The first-order chi connectivity index (χ1) is 11.6. The number of rotatable bonds is 6. The third-order valence-electron chi connectivity index (χ3n) is 4.48. The summed E-state index contributed by atoms with van der Waals surface area (Å²) in [6.07, 6.45) is 3.07. The van der Waals surface area contributed by atoms with Crippen LogP contribution in [0.4, 0.5) is 5.82 Å². The zero-order valence-corrected chi connectivity index (χ0v) is 15.0. The van der Waals surface area contributed by atoms with Crippen molar-refractivity contribution in [3.63, 3.8) is 0 Å². The van der Waals surface area contributed by atoms with Crippen molar-refractivity contribution in [3.8, 4) is 0 Å². The van der Waals surface area contributed by atoms with E-state index in [-0.39, 0.29) is 11.9 Å². The Hall–Kier alpha value is -1.79. The Morgan fingerprint density at radius 1 is 1.42 bits per heavy atom. The Balaban J connectivity index is 1.56. The molecule has 1 aromatic carbocycles. The van der Waals surface area contributed by atoms with Gasteiger partial charge in [-0.2, -0.15) is 16.9 Å². The molecule has 24 heavy (non-hydrogen) atoms. The van der Waals surface area contributed by atoms with Gasteiger partial charge in [-0.05, 0) is 31.7 Å². The fourth-order valence-electron chi connectivity index (χ4n) is 2.91. The third-order valence-corrected chi connectivity index (χ3v) is 5.62. The highest BCUT2D eigenvalue weighted by molar-refractivity contribution is 7.99. The molecule has 128 valence electrons. The van der Waals surface area contributed by atoms with Crippen LogP contribution in [-0.2, 0) is 4.79 Å². The molecule has 1 aliphatic rings. The van der Waals surface area contributed by atoms with Crippen LogP contribution in [0.3, 0.4) is 0 Å². The second-order valence-electron chi connectivity index (χ2n) is 6.25. The number of carbonyl (C=O) groups is 1. The molecule has 1 fully saturated rings. The van der Waals surface area contributed by atoms with Gasteiger partial charge in [-0.3, -0.25) is 14.4 Å². The van der Waals surface area contributed by atoms with E-state index in [1.54, 1.807) is 0 Å². The van der Waals surface area contributed by atoms with Crippen LogP contribution in [0, 0.1) is 0 Å². The molecule has 0 spiro atoms. The number of hydrogen-bond acceptors (Lipinski definition) is 4. The van der Waals surface area contributed by atoms with Crippen molar-refractivity contribution < 1.29 is 4.79 Å². The average molecular weight is 344 g/mol. The zero-order chi connectivity index (χ0) is 16.9. The standard InChI is InChI=1S/C18H24N4OS/c1-14(15-6-4-3-5-7-15)22-10-8-17(20-22)19-18(23)12-21(2)16-9-11-24-13-16/h3-8,10,14,16H,9,11-13H2,1-2H3,(H,19,20,23)/t14-,16+/m1/s1. The molecule has 0 radical (unpaired) electrons. The summed E-state index contributed by atoms with van der Waals surface area (Å²) >= 11 is 1.96. The first-order valence-electron chi connectivity index (χ1n) is 8.31. The van der Waals surface area contributed by atoms with Gasteiger partial charge in [-0.15, -0.1) is 0 Å². The van der Waals surface area contributed by atoms with E-state index in [0.29, 0.717) is 18.4 Å². The maximum Gasteiger partial charge on any atom is 0.239 e. The van der Waals surface area contributed by atoms with E-state index in [1.807, 2.05) is 54.0 Å². The summed E-state index contributed by atoms with van der Waals surface area (Å²) < 4.78 is 1.88. The van der Waals surface area contributed by atoms with Gasteiger partial charge in [0.1, 0.15) is 0 Å². The van der Waals surface area contributed by atoms with Crippen molar-refractivity contribution in [1.82, 2.24) is 14.7 Å². The molecule has 1 aromatic heterocycles. The molecule has 1 saturated heterocycles. The van der Waals surface area contributed by atoms with Crippen molar-refractivity contribution in [2.45, 2.75) is 25.4 Å². The van der Waals surface area contributed by atoms with E-state index in [9.17, 15) is 4.79 Å². The maximum atomic E-state index is 12.2. The number of carbonyl (C=O) groups excluding carboxylic acids is 1. The molecule has 1 aliphatic heterocycles. The molecule has 0 unspecified atom stereocenters. The summed E-state index contributed by atoms with van der Waals surface area (Å²) in [5, 5.41) is 7.40. The molecule has 0 saturated carbocycles. The van der Waals surface area contributed by atoms with Gasteiger partial charge in [0, 0.05) is 24.1 Å². The lowest BCUT2D eigenvalue weighted by Gasteiger charge is -2.22. The number of thioether (sulfide) groups is 1. The number of benzene rings is 1. The van der Waals surface area contributed by atoms with Crippen molar-refractivity contribution in [2.24, 2.45) is 0 Å². The van der Waals surface area contributed by atoms with E-state index in [0.717, 1.165) is 12.2 Å². The molecule has 0 aliphatic carbocycles. The Morgan fingerprint density at radius 3 is 2.92 bits per heavy atom. The monoisotopic (exact) mass is 344 g/mol. The van der Waals surface area contributed by atoms with Gasteiger partial charge in [0.25, 0.3) is 0 Å². The van der Waals surface area contributed by atoms with Crippen LogP contribution in [0.1, 0.15) is 24.9 Å². The Labute approximate surface area is 147 Å². The number of aromatic nitrogens is 2. The van der Waals surface area contributed by atoms with Gasteiger partial charge < -0.3 is 5.32 Å². The number of nitrogens with zero attached hydrogens (tertiary/aromatic N) is 3. The number of nitrogens with one attached hydrogen (secondary N) is 1. The van der Waals surface area contributed by atoms with Crippen molar-refractivity contribution >= 4 is 23.5 Å². The second-order valence-corrected chi connectivity index (χ2v) is 7.40. The van der Waals surface area contributed by atoms with Crippen LogP contribution in [0.15, 0.2) is 42.6 Å². The summed E-state index contributed by atoms with van der Waals surface area (Å²) in [5.41, 5.74) is 1.19. The quantitative estimate of drug-likeness (QED) is 0.875. The lowest BCUT2D eigenvalue weighted by Crippen LogP contribution is -2.38. The van der Waals surface area contributed by atoms with Gasteiger partial charge in [-0.25, -0.2) is 0 Å². The summed E-state index contributed by atoms with van der Waals surface area (Å²) in [6, 6.07) is 12.7. The normalized spacial score (nSPS) is 18.7. The Bertz CT molecular complexity index is 667. The summed E-state index contributed by atoms with van der Waals surface area (Å²) in [6.45, 7) is 2.51. The van der Waals surface area contributed by atoms with Crippen molar-refractivity contribution in [2.75, 3.05) is 30.4 Å². The van der Waals surface area contributed by atoms with E-state index in [4.69, 9.17) is 0 Å². The molecule has 0 bridgehead atoms. The molecule has 2 aromatic rings. The van der Waals surface area contributed by atoms with Crippen molar-refractivity contribution in [3.05, 3.63) is 48.2 Å². The van der Waals surface area contributed by atoms with E-state index in [2.05, 4.69) is 34.4 Å². The van der Waals surface area contributed by atoms with Crippen molar-refractivity contribution in [1.29, 1.82) is 0 Å². The fraction of sp³-hybridized carbons (Fsp3) is 0.444. The smallest absolute Gasteiger partial charge is 0.239 e. The second kappa shape index (κ2) is 7.85. The van der Waals surface area contributed by atoms with Gasteiger partial charge in [0.05, 0.1) is 12.6 Å². The van der Waals surface area contributed by atoms with E-state index in [1.165, 1.54) is 11.3 Å². The molecule has 3 rings (SSSR count). The predicted octanol–water partition coefficient (Wildman–Crippen LogP) is 2.87. The fourth-order valence-corrected chi connectivity index (χ4v) is 4.21. The summed E-state index contributed by atoms with van der Waals surface area (Å²) in [5.74, 6) is 2.91. The molecule has 1 N–H and O–H groups in total. The highest BCUT2D eigenvalue weighted by Crippen LogP contribution is 2.21. The number of amides is 1. The molecule has 6 heteroatoms. The highest BCUT2D eigenvalue weighted by Gasteiger charge is 2.21. The number of hydrogen-bond donors (Lipinski definition) is 1. The highest BCUT2D eigenvalue weighted by atomic mass is 32.2. The molecule has 1 amide bonds. The molecule has 2 heterocycles. The average Bonchev–Trinajstić information content (AvgIpc) is 3.26. The summed E-state index contributed by atoms with van der Waals surface area (Å²) in [4.78, 5) is 14.4. The first kappa shape index (κ1) is 17.0. The zero-order valence-electron chi connectivity index (χ0n) is 14.2. The van der Waals surface area contributed by atoms with E-state index >= 15 is 0 Å². The molecule has 5 nitrogen and oxygen atoms in total. The number of anilines is 1. The van der Waals surface area contributed by atoms with E-state index < -0.39 is 0 Å². The van der Waals surface area contributed by atoms with Crippen LogP contribution in [0.2, 0.25) is 0 Å². The first-order valence-corrected chi connectivity index (χ1v) is 9.47. The maximum absolute atomic E-state index is 12.2. The third kappa shape index (κ3) is 4.19.